The zero-order chi connectivity index (χ0) is 15.0. The van der Waals surface area contributed by atoms with Crippen LogP contribution in [0.4, 0.5) is 10.5 Å². The fourth-order valence-corrected chi connectivity index (χ4v) is 2.35. The van der Waals surface area contributed by atoms with Crippen molar-refractivity contribution in [2.75, 3.05) is 25.1 Å². The molecular formula is C13H17Cl3N2O2. The Labute approximate surface area is 133 Å². The van der Waals surface area contributed by atoms with E-state index < -0.39 is 0 Å². The van der Waals surface area contributed by atoms with E-state index in [4.69, 9.17) is 39.5 Å². The smallest absolute Gasteiger partial charge is 0.319 e. The highest BCUT2D eigenvalue weighted by atomic mass is 35.5. The van der Waals surface area contributed by atoms with Crippen LogP contribution in [0.2, 0.25) is 15.1 Å². The number of hydrogen-bond acceptors (Lipinski definition) is 2. The third-order valence-corrected chi connectivity index (χ3v) is 3.16. The molecule has 0 aliphatic rings. The minimum absolute atomic E-state index is 0.295. The zero-order valence-corrected chi connectivity index (χ0v) is 13.4. The first-order chi connectivity index (χ1) is 9.54. The predicted molar refractivity (Wildman–Crippen MR) is 84.2 cm³/mol. The van der Waals surface area contributed by atoms with Gasteiger partial charge in [0, 0.05) is 24.8 Å². The molecule has 1 rings (SSSR count). The lowest BCUT2D eigenvalue weighted by molar-refractivity contribution is 0.132. The van der Waals surface area contributed by atoms with Crippen LogP contribution in [0, 0.1) is 0 Å². The van der Waals surface area contributed by atoms with E-state index in [-0.39, 0.29) is 6.03 Å². The number of carbonyl (C=O) groups excluding carboxylic acids is 1. The second-order valence-corrected chi connectivity index (χ2v) is 5.34. The number of benzene rings is 1. The number of urea groups is 1. The molecule has 7 heteroatoms. The van der Waals surface area contributed by atoms with Crippen molar-refractivity contribution in [2.45, 2.75) is 19.8 Å². The van der Waals surface area contributed by atoms with Gasteiger partial charge in [-0.25, -0.2) is 4.79 Å². The average molecular weight is 340 g/mol. The summed E-state index contributed by atoms with van der Waals surface area (Å²) in [5.74, 6) is 0. The van der Waals surface area contributed by atoms with Crippen LogP contribution in [0.5, 0.6) is 0 Å². The molecule has 1 aromatic rings. The molecule has 2 N–H and O–H groups in total. The Morgan fingerprint density at radius 1 is 1.20 bits per heavy atom. The number of anilines is 1. The maximum Gasteiger partial charge on any atom is 0.319 e. The van der Waals surface area contributed by atoms with Crippen LogP contribution in [0.1, 0.15) is 19.8 Å². The van der Waals surface area contributed by atoms with Gasteiger partial charge in [-0.2, -0.15) is 0 Å². The summed E-state index contributed by atoms with van der Waals surface area (Å²) in [7, 11) is 0. The second-order valence-electron chi connectivity index (χ2n) is 4.09. The van der Waals surface area contributed by atoms with Crippen LogP contribution < -0.4 is 10.6 Å². The van der Waals surface area contributed by atoms with Crippen LogP contribution >= 0.6 is 34.8 Å². The van der Waals surface area contributed by atoms with Gasteiger partial charge in [0.25, 0.3) is 0 Å². The molecule has 4 nitrogen and oxygen atoms in total. The molecule has 0 aliphatic heterocycles. The molecule has 112 valence electrons. The van der Waals surface area contributed by atoms with Gasteiger partial charge in [-0.15, -0.1) is 0 Å². The van der Waals surface area contributed by atoms with Crippen LogP contribution in [0.3, 0.4) is 0 Å². The van der Waals surface area contributed by atoms with Gasteiger partial charge in [0.05, 0.1) is 15.7 Å². The molecular weight excluding hydrogens is 323 g/mol. The van der Waals surface area contributed by atoms with Crippen molar-refractivity contribution in [3.05, 3.63) is 27.2 Å². The lowest BCUT2D eigenvalue weighted by atomic mass is 10.3. The molecule has 0 fully saturated rings. The normalized spacial score (nSPS) is 10.4. The lowest BCUT2D eigenvalue weighted by Crippen LogP contribution is -2.30. The first kappa shape index (κ1) is 17.4. The maximum absolute atomic E-state index is 11.7. The molecule has 0 saturated heterocycles. The standard InChI is InChI=1S/C13H17Cl3N2O2/c1-2-5-20-6-3-4-17-13(19)18-12-10(15)7-9(14)8-11(12)16/h7-8H,2-6H2,1H3,(H2,17,18,19). The monoisotopic (exact) mass is 338 g/mol. The molecule has 2 amide bonds. The molecule has 0 unspecified atom stereocenters. The van der Waals surface area contributed by atoms with E-state index in [1.165, 1.54) is 12.1 Å². The summed E-state index contributed by atoms with van der Waals surface area (Å²) in [6, 6.07) is 2.67. The fourth-order valence-electron chi connectivity index (χ4n) is 1.44. The number of amides is 2. The van der Waals surface area contributed by atoms with Gasteiger partial charge < -0.3 is 15.4 Å². The van der Waals surface area contributed by atoms with Gasteiger partial charge in [-0.3, -0.25) is 0 Å². The lowest BCUT2D eigenvalue weighted by Gasteiger charge is -2.11. The summed E-state index contributed by atoms with van der Waals surface area (Å²) in [6.07, 6.45) is 1.73. The van der Waals surface area contributed by atoms with Gasteiger partial charge in [0.15, 0.2) is 0 Å². The molecule has 0 heterocycles. The Balaban J connectivity index is 2.36. The van der Waals surface area contributed by atoms with Gasteiger partial charge in [-0.05, 0) is 25.0 Å². The van der Waals surface area contributed by atoms with Crippen molar-refractivity contribution in [3.63, 3.8) is 0 Å². The average Bonchev–Trinajstić information content (AvgIpc) is 2.38. The van der Waals surface area contributed by atoms with E-state index in [0.717, 1.165) is 19.4 Å². The number of nitrogens with one attached hydrogen (secondary N) is 2. The fraction of sp³-hybridized carbons (Fsp3) is 0.462. The summed E-state index contributed by atoms with van der Waals surface area (Å²) in [5.41, 5.74) is 0.345. The van der Waals surface area contributed by atoms with E-state index in [2.05, 4.69) is 10.6 Å². The maximum atomic E-state index is 11.7. The number of rotatable bonds is 7. The zero-order valence-electron chi connectivity index (χ0n) is 11.1. The number of halogens is 3. The number of carbonyl (C=O) groups is 1. The van der Waals surface area contributed by atoms with Crippen LogP contribution in [-0.4, -0.2) is 25.8 Å². The summed E-state index contributed by atoms with van der Waals surface area (Å²) in [5, 5.41) is 6.30. The van der Waals surface area contributed by atoms with Gasteiger partial charge >= 0.3 is 6.03 Å². The van der Waals surface area contributed by atoms with Crippen LogP contribution in [0.25, 0.3) is 0 Å². The Hall–Kier alpha value is -0.680. The number of ether oxygens (including phenoxy) is 1. The first-order valence-electron chi connectivity index (χ1n) is 6.31. The van der Waals surface area contributed by atoms with Crippen LogP contribution in [0.15, 0.2) is 12.1 Å². The van der Waals surface area contributed by atoms with E-state index >= 15 is 0 Å². The summed E-state index contributed by atoms with van der Waals surface area (Å²) in [4.78, 5) is 11.7. The van der Waals surface area contributed by atoms with Gasteiger partial charge in [0.2, 0.25) is 0 Å². The Kier molecular flexibility index (Phi) is 8.07. The molecule has 0 aromatic heterocycles. The Bertz CT molecular complexity index is 432. The molecule has 20 heavy (non-hydrogen) atoms. The second kappa shape index (κ2) is 9.29. The van der Waals surface area contributed by atoms with Crippen molar-refractivity contribution in [1.29, 1.82) is 0 Å². The Morgan fingerprint density at radius 3 is 2.45 bits per heavy atom. The van der Waals surface area contributed by atoms with E-state index in [1.54, 1.807) is 0 Å². The highest BCUT2D eigenvalue weighted by Gasteiger charge is 2.10. The van der Waals surface area contributed by atoms with Gasteiger partial charge in [0.1, 0.15) is 0 Å². The van der Waals surface area contributed by atoms with Crippen molar-refractivity contribution in [3.8, 4) is 0 Å². The molecule has 0 spiro atoms. The highest BCUT2D eigenvalue weighted by Crippen LogP contribution is 2.33. The van der Waals surface area contributed by atoms with E-state index in [1.807, 2.05) is 6.92 Å². The van der Waals surface area contributed by atoms with Crippen LogP contribution in [-0.2, 0) is 4.74 Å². The quantitative estimate of drug-likeness (QED) is 0.714. The summed E-state index contributed by atoms with van der Waals surface area (Å²) >= 11 is 17.7. The van der Waals surface area contributed by atoms with Gasteiger partial charge in [-0.1, -0.05) is 41.7 Å². The first-order valence-corrected chi connectivity index (χ1v) is 7.45. The molecule has 0 radical (unpaired) electrons. The topological polar surface area (TPSA) is 50.4 Å². The molecule has 0 saturated carbocycles. The summed E-state index contributed by atoms with van der Waals surface area (Å²) in [6.45, 7) is 3.92. The minimum Gasteiger partial charge on any atom is -0.381 e. The molecule has 1 aromatic carbocycles. The van der Waals surface area contributed by atoms with Crippen molar-refractivity contribution < 1.29 is 9.53 Å². The van der Waals surface area contributed by atoms with E-state index in [0.29, 0.717) is 33.9 Å². The third-order valence-electron chi connectivity index (χ3n) is 2.34. The van der Waals surface area contributed by atoms with E-state index in [9.17, 15) is 4.79 Å². The number of hydrogen-bond donors (Lipinski definition) is 2. The van der Waals surface area contributed by atoms with Crippen molar-refractivity contribution >= 4 is 46.5 Å². The molecule has 0 atom stereocenters. The largest absolute Gasteiger partial charge is 0.381 e. The molecule has 0 bridgehead atoms. The summed E-state index contributed by atoms with van der Waals surface area (Å²) < 4.78 is 5.31. The SMILES string of the molecule is CCCOCCCNC(=O)Nc1c(Cl)cc(Cl)cc1Cl. The minimum atomic E-state index is -0.369. The third kappa shape index (κ3) is 6.18. The Morgan fingerprint density at radius 2 is 1.85 bits per heavy atom. The highest BCUT2D eigenvalue weighted by molar-refractivity contribution is 6.42. The van der Waals surface area contributed by atoms with Crippen molar-refractivity contribution in [2.24, 2.45) is 0 Å². The molecule has 0 aliphatic carbocycles. The van der Waals surface area contributed by atoms with Crippen molar-refractivity contribution in [1.82, 2.24) is 5.32 Å². The predicted octanol–water partition coefficient (Wildman–Crippen LogP) is 4.59.